The van der Waals surface area contributed by atoms with Gasteiger partial charge in [0.05, 0.1) is 17.6 Å². The molecule has 0 spiro atoms. The number of carbonyl (C=O) groups is 1. The molecule has 18 heavy (non-hydrogen) atoms. The number of hydrogen-bond donors (Lipinski definition) is 3. The second-order valence-corrected chi connectivity index (χ2v) is 3.60. The number of nitrogens with two attached hydrogens (primary N) is 1. The molecule has 2 aromatic rings. The lowest BCUT2D eigenvalue weighted by Crippen LogP contribution is -2.12. The van der Waals surface area contributed by atoms with Crippen LogP contribution in [0.5, 0.6) is 5.75 Å². The van der Waals surface area contributed by atoms with Crippen molar-refractivity contribution in [2.75, 3.05) is 11.1 Å². The summed E-state index contributed by atoms with van der Waals surface area (Å²) in [6.45, 7) is 0. The van der Waals surface area contributed by atoms with E-state index in [-0.39, 0.29) is 17.0 Å². The SMILES string of the molecule is Nc1ccc(C(=O)Nc2ccc(F)nc2)cc1O. The van der Waals surface area contributed by atoms with Crippen LogP contribution in [0, 0.1) is 5.95 Å². The number of aromatic hydroxyl groups is 1. The first kappa shape index (κ1) is 11.8. The topological polar surface area (TPSA) is 88.2 Å². The third kappa shape index (κ3) is 2.54. The van der Waals surface area contributed by atoms with Crippen LogP contribution in [-0.4, -0.2) is 16.0 Å². The first-order valence-corrected chi connectivity index (χ1v) is 5.07. The largest absolute Gasteiger partial charge is 0.506 e. The molecule has 0 saturated carbocycles. The zero-order valence-corrected chi connectivity index (χ0v) is 9.22. The molecule has 0 atom stereocenters. The maximum absolute atomic E-state index is 12.6. The fourth-order valence-corrected chi connectivity index (χ4v) is 1.34. The van der Waals surface area contributed by atoms with Gasteiger partial charge in [0.25, 0.3) is 5.91 Å². The number of nitrogen functional groups attached to an aromatic ring is 1. The molecule has 0 radical (unpaired) electrons. The molecule has 1 heterocycles. The highest BCUT2D eigenvalue weighted by molar-refractivity contribution is 6.04. The van der Waals surface area contributed by atoms with Crippen molar-refractivity contribution in [3.05, 3.63) is 48.0 Å². The van der Waals surface area contributed by atoms with E-state index in [1.165, 1.54) is 30.5 Å². The first-order valence-electron chi connectivity index (χ1n) is 5.07. The molecule has 0 fully saturated rings. The number of carbonyl (C=O) groups excluding carboxylic acids is 1. The second kappa shape index (κ2) is 4.70. The van der Waals surface area contributed by atoms with E-state index < -0.39 is 11.9 Å². The molecule has 0 saturated heterocycles. The third-order valence-electron chi connectivity index (χ3n) is 2.28. The Morgan fingerprint density at radius 3 is 2.72 bits per heavy atom. The van der Waals surface area contributed by atoms with Gasteiger partial charge >= 0.3 is 0 Å². The van der Waals surface area contributed by atoms with Crippen molar-refractivity contribution in [1.82, 2.24) is 4.98 Å². The molecular formula is C12H10FN3O2. The molecular weight excluding hydrogens is 237 g/mol. The number of phenolic OH excluding ortho intramolecular Hbond substituents is 1. The predicted octanol–water partition coefficient (Wildman–Crippen LogP) is 1.76. The minimum absolute atomic E-state index is 0.167. The number of phenols is 1. The minimum atomic E-state index is -0.627. The van der Waals surface area contributed by atoms with E-state index in [9.17, 15) is 14.3 Å². The van der Waals surface area contributed by atoms with Gasteiger partial charge in [0.1, 0.15) is 5.75 Å². The lowest BCUT2D eigenvalue weighted by atomic mass is 10.2. The zero-order chi connectivity index (χ0) is 13.1. The van der Waals surface area contributed by atoms with E-state index in [0.29, 0.717) is 5.69 Å². The van der Waals surface area contributed by atoms with Gasteiger partial charge < -0.3 is 16.2 Å². The predicted molar refractivity (Wildman–Crippen MR) is 64.7 cm³/mol. The maximum Gasteiger partial charge on any atom is 0.255 e. The van der Waals surface area contributed by atoms with Gasteiger partial charge in [-0.15, -0.1) is 0 Å². The van der Waals surface area contributed by atoms with E-state index in [1.807, 2.05) is 0 Å². The highest BCUT2D eigenvalue weighted by Crippen LogP contribution is 2.21. The van der Waals surface area contributed by atoms with Crippen LogP contribution in [0.1, 0.15) is 10.4 Å². The molecule has 2 rings (SSSR count). The van der Waals surface area contributed by atoms with Gasteiger partial charge in [-0.2, -0.15) is 4.39 Å². The molecule has 6 heteroatoms. The van der Waals surface area contributed by atoms with Crippen molar-refractivity contribution in [2.45, 2.75) is 0 Å². The molecule has 0 bridgehead atoms. The number of nitrogens with one attached hydrogen (secondary N) is 1. The summed E-state index contributed by atoms with van der Waals surface area (Å²) in [7, 11) is 0. The number of hydrogen-bond acceptors (Lipinski definition) is 4. The normalized spacial score (nSPS) is 10.1. The summed E-state index contributed by atoms with van der Waals surface area (Å²) >= 11 is 0. The molecule has 1 aromatic carbocycles. The number of amides is 1. The van der Waals surface area contributed by atoms with Gasteiger partial charge in [0.15, 0.2) is 0 Å². The summed E-state index contributed by atoms with van der Waals surface area (Å²) in [5, 5.41) is 11.9. The highest BCUT2D eigenvalue weighted by Gasteiger charge is 2.08. The van der Waals surface area contributed by atoms with E-state index in [0.717, 1.165) is 6.07 Å². The van der Waals surface area contributed by atoms with Crippen molar-refractivity contribution < 1.29 is 14.3 Å². The number of benzene rings is 1. The molecule has 4 N–H and O–H groups in total. The van der Waals surface area contributed by atoms with Gasteiger partial charge in [-0.25, -0.2) is 4.98 Å². The second-order valence-electron chi connectivity index (χ2n) is 3.60. The van der Waals surface area contributed by atoms with E-state index in [2.05, 4.69) is 10.3 Å². The quantitative estimate of drug-likeness (QED) is 0.428. The zero-order valence-electron chi connectivity index (χ0n) is 9.22. The first-order chi connectivity index (χ1) is 8.56. The van der Waals surface area contributed by atoms with Crippen LogP contribution in [0.25, 0.3) is 0 Å². The fraction of sp³-hybridized carbons (Fsp3) is 0. The average Bonchev–Trinajstić information content (AvgIpc) is 2.35. The van der Waals surface area contributed by atoms with E-state index in [1.54, 1.807) is 0 Å². The molecule has 0 unspecified atom stereocenters. The van der Waals surface area contributed by atoms with Crippen LogP contribution in [0.4, 0.5) is 15.8 Å². The Bertz CT molecular complexity index is 584. The lowest BCUT2D eigenvalue weighted by molar-refractivity contribution is 0.102. The van der Waals surface area contributed by atoms with Gasteiger partial charge in [-0.1, -0.05) is 0 Å². The Morgan fingerprint density at radius 2 is 2.11 bits per heavy atom. The monoisotopic (exact) mass is 247 g/mol. The summed E-state index contributed by atoms with van der Waals surface area (Å²) in [5.74, 6) is -1.24. The van der Waals surface area contributed by atoms with Crippen LogP contribution in [0.15, 0.2) is 36.5 Å². The Balaban J connectivity index is 2.16. The number of halogens is 1. The van der Waals surface area contributed by atoms with Crippen molar-refractivity contribution in [1.29, 1.82) is 0 Å². The van der Waals surface area contributed by atoms with Gasteiger partial charge in [0.2, 0.25) is 5.95 Å². The standard InChI is InChI=1S/C12H10FN3O2/c13-11-4-2-8(6-15-11)16-12(18)7-1-3-9(14)10(17)5-7/h1-6,17H,14H2,(H,16,18). The number of pyridine rings is 1. The van der Waals surface area contributed by atoms with Crippen molar-refractivity contribution >= 4 is 17.3 Å². The fourth-order valence-electron chi connectivity index (χ4n) is 1.34. The Labute approximate surface area is 102 Å². The Hall–Kier alpha value is -2.63. The molecule has 0 aliphatic rings. The lowest BCUT2D eigenvalue weighted by Gasteiger charge is -2.06. The molecule has 1 amide bonds. The van der Waals surface area contributed by atoms with E-state index >= 15 is 0 Å². The number of nitrogens with zero attached hydrogens (tertiary/aromatic N) is 1. The summed E-state index contributed by atoms with van der Waals surface area (Å²) in [5.41, 5.74) is 6.22. The molecule has 1 aromatic heterocycles. The maximum atomic E-state index is 12.6. The van der Waals surface area contributed by atoms with Crippen molar-refractivity contribution in [2.24, 2.45) is 0 Å². The molecule has 0 aliphatic heterocycles. The van der Waals surface area contributed by atoms with Crippen LogP contribution in [-0.2, 0) is 0 Å². The number of anilines is 2. The van der Waals surface area contributed by atoms with Crippen molar-refractivity contribution in [3.63, 3.8) is 0 Å². The average molecular weight is 247 g/mol. The summed E-state index contributed by atoms with van der Waals surface area (Å²) in [6, 6.07) is 6.67. The van der Waals surface area contributed by atoms with Crippen LogP contribution in [0.3, 0.4) is 0 Å². The van der Waals surface area contributed by atoms with Gasteiger partial charge in [-0.3, -0.25) is 4.79 Å². The van der Waals surface area contributed by atoms with Crippen molar-refractivity contribution in [3.8, 4) is 5.75 Å². The Morgan fingerprint density at radius 1 is 1.33 bits per heavy atom. The number of aromatic nitrogens is 1. The van der Waals surface area contributed by atoms with Crippen LogP contribution in [0.2, 0.25) is 0 Å². The van der Waals surface area contributed by atoms with Crippen LogP contribution >= 0.6 is 0 Å². The number of rotatable bonds is 2. The minimum Gasteiger partial charge on any atom is -0.506 e. The molecule has 0 aliphatic carbocycles. The van der Waals surface area contributed by atoms with Crippen LogP contribution < -0.4 is 11.1 Å². The summed E-state index contributed by atoms with van der Waals surface area (Å²) in [4.78, 5) is 15.2. The smallest absolute Gasteiger partial charge is 0.255 e. The molecule has 5 nitrogen and oxygen atoms in total. The highest BCUT2D eigenvalue weighted by atomic mass is 19.1. The third-order valence-corrected chi connectivity index (χ3v) is 2.28. The van der Waals surface area contributed by atoms with Gasteiger partial charge in [-0.05, 0) is 30.3 Å². The van der Waals surface area contributed by atoms with E-state index in [4.69, 9.17) is 5.73 Å². The summed E-state index contributed by atoms with van der Waals surface area (Å²) in [6.07, 6.45) is 1.20. The Kier molecular flexibility index (Phi) is 3.09. The van der Waals surface area contributed by atoms with Gasteiger partial charge in [0, 0.05) is 5.56 Å². The summed E-state index contributed by atoms with van der Waals surface area (Å²) < 4.78 is 12.6. The molecule has 92 valence electrons.